The van der Waals surface area contributed by atoms with Crippen molar-refractivity contribution in [1.29, 1.82) is 0 Å². The summed E-state index contributed by atoms with van der Waals surface area (Å²) in [5, 5.41) is 6.65. The highest BCUT2D eigenvalue weighted by atomic mass is 16.2. The third-order valence-electron chi connectivity index (χ3n) is 4.03. The van der Waals surface area contributed by atoms with Crippen molar-refractivity contribution in [2.75, 3.05) is 26.2 Å². The second-order valence-corrected chi connectivity index (χ2v) is 5.94. The fraction of sp³-hybridized carbons (Fsp3) is 0.933. The van der Waals surface area contributed by atoms with Crippen LogP contribution in [0.4, 0.5) is 0 Å². The number of carbonyl (C=O) groups excluding carboxylic acids is 1. The van der Waals surface area contributed by atoms with Crippen molar-refractivity contribution >= 4 is 5.91 Å². The van der Waals surface area contributed by atoms with Crippen molar-refractivity contribution in [2.45, 2.75) is 59.0 Å². The molecule has 0 aromatic heterocycles. The minimum atomic E-state index is 0.168. The summed E-state index contributed by atoms with van der Waals surface area (Å²) < 4.78 is 0. The van der Waals surface area contributed by atoms with Crippen LogP contribution in [0.3, 0.4) is 0 Å². The van der Waals surface area contributed by atoms with E-state index in [0.29, 0.717) is 18.5 Å². The Labute approximate surface area is 118 Å². The molecule has 112 valence electrons. The van der Waals surface area contributed by atoms with Gasteiger partial charge in [-0.1, -0.05) is 20.8 Å². The summed E-state index contributed by atoms with van der Waals surface area (Å²) in [7, 11) is 0. The van der Waals surface area contributed by atoms with E-state index in [9.17, 15) is 4.79 Å². The van der Waals surface area contributed by atoms with Crippen LogP contribution in [-0.4, -0.2) is 49.1 Å². The van der Waals surface area contributed by atoms with Gasteiger partial charge in [-0.25, -0.2) is 0 Å². The van der Waals surface area contributed by atoms with Crippen LogP contribution >= 0.6 is 0 Å². The lowest BCUT2D eigenvalue weighted by molar-refractivity contribution is -0.123. The Morgan fingerprint density at radius 2 is 2.16 bits per heavy atom. The van der Waals surface area contributed by atoms with Gasteiger partial charge in [-0.2, -0.15) is 0 Å². The summed E-state index contributed by atoms with van der Waals surface area (Å²) in [5.74, 6) is 0.790. The smallest absolute Gasteiger partial charge is 0.234 e. The first-order chi connectivity index (χ1) is 9.06. The van der Waals surface area contributed by atoms with Crippen molar-refractivity contribution in [3.8, 4) is 0 Å². The maximum absolute atomic E-state index is 11.9. The van der Waals surface area contributed by atoms with E-state index < -0.39 is 0 Å². The SMILES string of the molecule is CCCNC1CCN(CC(=O)NC(C)CC)CC1C. The van der Waals surface area contributed by atoms with E-state index in [1.165, 1.54) is 6.42 Å². The molecule has 0 bridgehead atoms. The topological polar surface area (TPSA) is 44.4 Å². The van der Waals surface area contributed by atoms with E-state index in [1.54, 1.807) is 0 Å². The normalized spacial score (nSPS) is 26.1. The van der Waals surface area contributed by atoms with E-state index >= 15 is 0 Å². The second-order valence-electron chi connectivity index (χ2n) is 5.94. The molecule has 0 aromatic rings. The lowest BCUT2D eigenvalue weighted by Gasteiger charge is -2.37. The first-order valence-corrected chi connectivity index (χ1v) is 7.81. The molecule has 1 aliphatic rings. The van der Waals surface area contributed by atoms with Crippen molar-refractivity contribution in [1.82, 2.24) is 15.5 Å². The third kappa shape index (κ3) is 5.91. The molecule has 0 spiro atoms. The monoisotopic (exact) mass is 269 g/mol. The van der Waals surface area contributed by atoms with Gasteiger partial charge in [0.05, 0.1) is 6.54 Å². The van der Waals surface area contributed by atoms with Crippen LogP contribution in [0.25, 0.3) is 0 Å². The molecule has 0 aromatic carbocycles. The zero-order chi connectivity index (χ0) is 14.3. The molecule has 4 nitrogen and oxygen atoms in total. The van der Waals surface area contributed by atoms with Gasteiger partial charge in [0.25, 0.3) is 0 Å². The molecule has 1 aliphatic heterocycles. The predicted octanol–water partition coefficient (Wildman–Crippen LogP) is 1.61. The molecule has 1 fully saturated rings. The lowest BCUT2D eigenvalue weighted by atomic mass is 9.93. The predicted molar refractivity (Wildman–Crippen MR) is 80.2 cm³/mol. The number of nitrogens with one attached hydrogen (secondary N) is 2. The average molecular weight is 269 g/mol. The van der Waals surface area contributed by atoms with Gasteiger partial charge in [0.2, 0.25) is 5.91 Å². The summed E-state index contributed by atoms with van der Waals surface area (Å²) in [5.41, 5.74) is 0. The number of carbonyl (C=O) groups is 1. The second kappa shape index (κ2) is 8.54. The minimum Gasteiger partial charge on any atom is -0.353 e. The van der Waals surface area contributed by atoms with Crippen LogP contribution in [0.15, 0.2) is 0 Å². The Hall–Kier alpha value is -0.610. The summed E-state index contributed by atoms with van der Waals surface area (Å²) in [6.45, 7) is 12.3. The van der Waals surface area contributed by atoms with Crippen molar-refractivity contribution in [3.63, 3.8) is 0 Å². The van der Waals surface area contributed by atoms with E-state index in [2.05, 4.69) is 43.2 Å². The highest BCUT2D eigenvalue weighted by Gasteiger charge is 2.26. The number of rotatable bonds is 7. The molecule has 2 N–H and O–H groups in total. The quantitative estimate of drug-likeness (QED) is 0.738. The molecule has 0 radical (unpaired) electrons. The third-order valence-corrected chi connectivity index (χ3v) is 4.03. The molecule has 19 heavy (non-hydrogen) atoms. The first-order valence-electron chi connectivity index (χ1n) is 7.81. The zero-order valence-electron chi connectivity index (χ0n) is 13.0. The largest absolute Gasteiger partial charge is 0.353 e. The Kier molecular flexibility index (Phi) is 7.39. The molecule has 1 saturated heterocycles. The Morgan fingerprint density at radius 3 is 2.74 bits per heavy atom. The van der Waals surface area contributed by atoms with Crippen LogP contribution in [-0.2, 0) is 4.79 Å². The molecule has 3 atom stereocenters. The van der Waals surface area contributed by atoms with Crippen LogP contribution in [0.5, 0.6) is 0 Å². The van der Waals surface area contributed by atoms with E-state index in [0.717, 1.165) is 32.5 Å². The number of nitrogens with zero attached hydrogens (tertiary/aromatic N) is 1. The number of piperidine rings is 1. The van der Waals surface area contributed by atoms with Crippen molar-refractivity contribution in [2.24, 2.45) is 5.92 Å². The highest BCUT2D eigenvalue weighted by molar-refractivity contribution is 5.78. The van der Waals surface area contributed by atoms with E-state index in [4.69, 9.17) is 0 Å². The van der Waals surface area contributed by atoms with Gasteiger partial charge in [0, 0.05) is 25.2 Å². The van der Waals surface area contributed by atoms with Gasteiger partial charge in [-0.3, -0.25) is 9.69 Å². The first kappa shape index (κ1) is 16.4. The number of likely N-dealkylation sites (tertiary alicyclic amines) is 1. The van der Waals surface area contributed by atoms with Gasteiger partial charge in [0.15, 0.2) is 0 Å². The molecule has 0 aliphatic carbocycles. The maximum Gasteiger partial charge on any atom is 0.234 e. The number of hydrogen-bond acceptors (Lipinski definition) is 3. The Morgan fingerprint density at radius 1 is 1.42 bits per heavy atom. The number of amides is 1. The van der Waals surface area contributed by atoms with Crippen molar-refractivity contribution in [3.05, 3.63) is 0 Å². The molecule has 1 rings (SSSR count). The Balaban J connectivity index is 2.29. The van der Waals surface area contributed by atoms with Crippen LogP contribution in [0.2, 0.25) is 0 Å². The molecular formula is C15H31N3O. The lowest BCUT2D eigenvalue weighted by Crippen LogP contribution is -2.51. The molecule has 0 saturated carbocycles. The van der Waals surface area contributed by atoms with Gasteiger partial charge in [-0.05, 0) is 38.6 Å². The van der Waals surface area contributed by atoms with Crippen LogP contribution in [0, 0.1) is 5.92 Å². The van der Waals surface area contributed by atoms with Gasteiger partial charge < -0.3 is 10.6 Å². The summed E-state index contributed by atoms with van der Waals surface area (Å²) in [6.07, 6.45) is 3.33. The maximum atomic E-state index is 11.9. The Bertz CT molecular complexity index is 270. The van der Waals surface area contributed by atoms with Gasteiger partial charge in [-0.15, -0.1) is 0 Å². The standard InChI is InChI=1S/C15H31N3O/c1-5-8-16-14-7-9-18(10-12(14)3)11-15(19)17-13(4)6-2/h12-14,16H,5-11H2,1-4H3,(H,17,19). The van der Waals surface area contributed by atoms with Crippen molar-refractivity contribution < 1.29 is 4.79 Å². The highest BCUT2D eigenvalue weighted by Crippen LogP contribution is 2.16. The number of hydrogen-bond donors (Lipinski definition) is 2. The van der Waals surface area contributed by atoms with Crippen LogP contribution < -0.4 is 10.6 Å². The molecule has 3 unspecified atom stereocenters. The molecule has 1 amide bonds. The summed E-state index contributed by atoms with van der Waals surface area (Å²) >= 11 is 0. The fourth-order valence-electron chi connectivity index (χ4n) is 2.63. The average Bonchev–Trinajstić information content (AvgIpc) is 2.37. The van der Waals surface area contributed by atoms with Crippen LogP contribution in [0.1, 0.15) is 47.0 Å². The van der Waals surface area contributed by atoms with E-state index in [-0.39, 0.29) is 11.9 Å². The molecule has 4 heteroatoms. The fourth-order valence-corrected chi connectivity index (χ4v) is 2.63. The van der Waals surface area contributed by atoms with Gasteiger partial charge in [0.1, 0.15) is 0 Å². The molecule has 1 heterocycles. The zero-order valence-corrected chi connectivity index (χ0v) is 13.0. The summed E-state index contributed by atoms with van der Waals surface area (Å²) in [6, 6.07) is 0.905. The summed E-state index contributed by atoms with van der Waals surface area (Å²) in [4.78, 5) is 14.2. The minimum absolute atomic E-state index is 0.168. The molecular weight excluding hydrogens is 238 g/mol. The van der Waals surface area contributed by atoms with E-state index in [1.807, 2.05) is 0 Å². The van der Waals surface area contributed by atoms with Gasteiger partial charge >= 0.3 is 0 Å².